The zero-order valence-electron chi connectivity index (χ0n) is 10.1. The van der Waals surface area contributed by atoms with Gasteiger partial charge in [0.25, 0.3) is 10.0 Å². The van der Waals surface area contributed by atoms with Crippen molar-refractivity contribution in [3.8, 4) is 0 Å². The maximum Gasteiger partial charge on any atom is 0.305 e. The Kier molecular flexibility index (Phi) is 4.21. The lowest BCUT2D eigenvalue weighted by Crippen LogP contribution is -2.27. The average Bonchev–Trinajstić information content (AvgIpc) is 2.88. The van der Waals surface area contributed by atoms with Gasteiger partial charge in [-0.2, -0.15) is 0 Å². The minimum absolute atomic E-state index is 0.0693. The van der Waals surface area contributed by atoms with Crippen LogP contribution in [-0.2, 0) is 14.8 Å². The summed E-state index contributed by atoms with van der Waals surface area (Å²) in [5.41, 5.74) is 0.384. The first kappa shape index (κ1) is 13.7. The van der Waals surface area contributed by atoms with Gasteiger partial charge in [-0.25, -0.2) is 13.1 Å². The van der Waals surface area contributed by atoms with Crippen molar-refractivity contribution in [1.29, 1.82) is 0 Å². The molecule has 2 N–H and O–H groups in total. The molecular weight excluding hydrogens is 276 g/mol. The van der Waals surface area contributed by atoms with Crippen LogP contribution >= 0.6 is 11.3 Å². The number of sulfonamides is 1. The number of aryl methyl sites for hydroxylation is 1. The van der Waals surface area contributed by atoms with Gasteiger partial charge in [-0.3, -0.25) is 4.79 Å². The highest BCUT2D eigenvalue weighted by Gasteiger charge is 2.21. The molecule has 1 unspecified atom stereocenters. The average molecular weight is 292 g/mol. The van der Waals surface area contributed by atoms with E-state index in [1.165, 1.54) is 0 Å². The molecule has 1 aromatic rings. The molecule has 2 rings (SSSR count). The molecule has 2 heterocycles. The van der Waals surface area contributed by atoms with Crippen LogP contribution in [0.4, 0.5) is 0 Å². The lowest BCUT2D eigenvalue weighted by atomic mass is 10.2. The molecular formula is C10H16N2O4S2. The first-order valence-electron chi connectivity index (χ1n) is 5.80. The smallest absolute Gasteiger partial charge is 0.305 e. The summed E-state index contributed by atoms with van der Waals surface area (Å²) >= 11 is 0.711. The lowest BCUT2D eigenvalue weighted by Gasteiger charge is -2.09. The molecule has 18 heavy (non-hydrogen) atoms. The van der Waals surface area contributed by atoms with Crippen LogP contribution in [0.1, 0.15) is 25.0 Å². The third kappa shape index (κ3) is 3.19. The number of ether oxygens (including phenoxy) is 1. The Morgan fingerprint density at radius 1 is 1.56 bits per heavy atom. The van der Waals surface area contributed by atoms with Crippen molar-refractivity contribution in [2.75, 3.05) is 13.2 Å². The normalized spacial score (nSPS) is 20.4. The van der Waals surface area contributed by atoms with Gasteiger partial charge < -0.3 is 9.72 Å². The van der Waals surface area contributed by atoms with E-state index in [4.69, 9.17) is 4.74 Å². The van der Waals surface area contributed by atoms with Crippen molar-refractivity contribution < 1.29 is 13.2 Å². The topological polar surface area (TPSA) is 88.3 Å². The van der Waals surface area contributed by atoms with Gasteiger partial charge >= 0.3 is 4.87 Å². The Bertz CT molecular complexity index is 555. The number of aromatic amines is 1. The van der Waals surface area contributed by atoms with Crippen LogP contribution in [0.15, 0.2) is 9.00 Å². The van der Waals surface area contributed by atoms with E-state index in [0.29, 0.717) is 30.0 Å². The van der Waals surface area contributed by atoms with Crippen molar-refractivity contribution >= 4 is 21.4 Å². The summed E-state index contributed by atoms with van der Waals surface area (Å²) < 4.78 is 31.9. The molecule has 8 heteroatoms. The molecule has 0 spiro atoms. The minimum atomic E-state index is -3.58. The van der Waals surface area contributed by atoms with Crippen LogP contribution in [0.5, 0.6) is 0 Å². The number of rotatable bonds is 5. The summed E-state index contributed by atoms with van der Waals surface area (Å²) in [7, 11) is -3.58. The van der Waals surface area contributed by atoms with Crippen LogP contribution in [0.25, 0.3) is 0 Å². The van der Waals surface area contributed by atoms with Gasteiger partial charge in [0, 0.05) is 18.8 Å². The molecule has 1 aliphatic heterocycles. The van der Waals surface area contributed by atoms with Gasteiger partial charge in [-0.05, 0) is 26.2 Å². The van der Waals surface area contributed by atoms with E-state index in [1.807, 2.05) is 0 Å². The second-order valence-electron chi connectivity index (χ2n) is 4.25. The molecule has 1 aliphatic rings. The Balaban J connectivity index is 1.95. The summed E-state index contributed by atoms with van der Waals surface area (Å²) in [5.74, 6) is 0. The molecule has 1 atom stereocenters. The van der Waals surface area contributed by atoms with E-state index in [1.54, 1.807) is 6.92 Å². The van der Waals surface area contributed by atoms with Crippen LogP contribution < -0.4 is 9.60 Å². The van der Waals surface area contributed by atoms with Crippen molar-refractivity contribution in [1.82, 2.24) is 9.71 Å². The third-order valence-electron chi connectivity index (χ3n) is 2.81. The molecule has 1 aromatic heterocycles. The highest BCUT2D eigenvalue weighted by atomic mass is 32.2. The van der Waals surface area contributed by atoms with Gasteiger partial charge in [0.15, 0.2) is 4.21 Å². The standard InChI is InChI=1S/C10H16N2O4S2/c1-7-9(17-10(13)12-7)18(14,15)11-5-4-8-3-2-6-16-8/h8,11H,2-6H2,1H3,(H,12,13). The monoisotopic (exact) mass is 292 g/mol. The number of aromatic nitrogens is 1. The molecule has 0 aliphatic carbocycles. The molecule has 0 bridgehead atoms. The van der Waals surface area contributed by atoms with Crippen molar-refractivity contribution in [2.24, 2.45) is 0 Å². The molecule has 102 valence electrons. The van der Waals surface area contributed by atoms with Gasteiger partial charge in [-0.1, -0.05) is 11.3 Å². The van der Waals surface area contributed by atoms with Crippen molar-refractivity contribution in [3.05, 3.63) is 15.4 Å². The first-order valence-corrected chi connectivity index (χ1v) is 8.10. The SMILES string of the molecule is Cc1[nH]c(=O)sc1S(=O)(=O)NCCC1CCCO1. The quantitative estimate of drug-likeness (QED) is 0.831. The fraction of sp³-hybridized carbons (Fsp3) is 0.700. The van der Waals surface area contributed by atoms with Crippen LogP contribution in [-0.4, -0.2) is 32.7 Å². The molecule has 1 saturated heterocycles. The minimum Gasteiger partial charge on any atom is -0.378 e. The van der Waals surface area contributed by atoms with E-state index in [9.17, 15) is 13.2 Å². The van der Waals surface area contributed by atoms with Gasteiger partial charge in [-0.15, -0.1) is 0 Å². The number of hydrogen-bond acceptors (Lipinski definition) is 5. The van der Waals surface area contributed by atoms with Gasteiger partial charge in [0.2, 0.25) is 0 Å². The van der Waals surface area contributed by atoms with E-state index >= 15 is 0 Å². The molecule has 0 amide bonds. The Morgan fingerprint density at radius 2 is 2.33 bits per heavy atom. The zero-order valence-corrected chi connectivity index (χ0v) is 11.7. The Hall–Kier alpha value is -0.700. The summed E-state index contributed by atoms with van der Waals surface area (Å²) in [6.45, 7) is 2.67. The zero-order chi connectivity index (χ0) is 13.2. The van der Waals surface area contributed by atoms with E-state index in [2.05, 4.69) is 9.71 Å². The summed E-state index contributed by atoms with van der Waals surface area (Å²) in [6.07, 6.45) is 2.84. The number of nitrogens with one attached hydrogen (secondary N) is 2. The summed E-state index contributed by atoms with van der Waals surface area (Å²) in [6, 6.07) is 0. The van der Waals surface area contributed by atoms with Gasteiger partial charge in [0.1, 0.15) is 0 Å². The maximum atomic E-state index is 11.9. The highest BCUT2D eigenvalue weighted by molar-refractivity contribution is 7.91. The molecule has 6 nitrogen and oxygen atoms in total. The predicted octanol–water partition coefficient (Wildman–Crippen LogP) is 0.592. The van der Waals surface area contributed by atoms with Crippen molar-refractivity contribution in [2.45, 2.75) is 36.5 Å². The fourth-order valence-corrected chi connectivity index (χ4v) is 4.33. The van der Waals surface area contributed by atoms with E-state index in [-0.39, 0.29) is 15.2 Å². The van der Waals surface area contributed by atoms with Gasteiger partial charge in [0.05, 0.1) is 6.10 Å². The third-order valence-corrected chi connectivity index (χ3v) is 5.87. The molecule has 1 fully saturated rings. The number of H-pyrrole nitrogens is 1. The van der Waals surface area contributed by atoms with Crippen LogP contribution in [0, 0.1) is 6.92 Å². The van der Waals surface area contributed by atoms with Crippen molar-refractivity contribution in [3.63, 3.8) is 0 Å². The Morgan fingerprint density at radius 3 is 2.89 bits per heavy atom. The Labute approximate surface area is 109 Å². The fourth-order valence-electron chi connectivity index (χ4n) is 1.94. The largest absolute Gasteiger partial charge is 0.378 e. The van der Waals surface area contributed by atoms with E-state index in [0.717, 1.165) is 19.4 Å². The summed E-state index contributed by atoms with van der Waals surface area (Å²) in [4.78, 5) is 13.2. The first-order chi connectivity index (χ1) is 8.49. The molecule has 0 aromatic carbocycles. The molecule has 0 radical (unpaired) electrons. The lowest BCUT2D eigenvalue weighted by molar-refractivity contribution is 0.105. The predicted molar refractivity (Wildman–Crippen MR) is 68.5 cm³/mol. The molecule has 0 saturated carbocycles. The van der Waals surface area contributed by atoms with Crippen LogP contribution in [0.2, 0.25) is 0 Å². The summed E-state index contributed by atoms with van der Waals surface area (Å²) in [5, 5.41) is 0. The van der Waals surface area contributed by atoms with Crippen LogP contribution in [0.3, 0.4) is 0 Å². The van der Waals surface area contributed by atoms with E-state index < -0.39 is 10.0 Å². The maximum absolute atomic E-state index is 11.9. The highest BCUT2D eigenvalue weighted by Crippen LogP contribution is 2.17. The second-order valence-corrected chi connectivity index (χ2v) is 7.19. The second kappa shape index (κ2) is 5.52. The number of hydrogen-bond donors (Lipinski definition) is 2. The number of thiazole rings is 1.